The molecule has 3 rings (SSSR count). The number of rotatable bonds is 5. The van der Waals surface area contributed by atoms with Crippen LogP contribution < -0.4 is 10.6 Å². The highest BCUT2D eigenvalue weighted by atomic mass is 35.5. The molecule has 3 aromatic heterocycles. The Kier molecular flexibility index (Phi) is 6.25. The van der Waals surface area contributed by atoms with E-state index < -0.39 is 17.8 Å². The average Bonchev–Trinajstić information content (AvgIpc) is 2.68. The van der Waals surface area contributed by atoms with Crippen LogP contribution in [0.1, 0.15) is 26.5 Å². The molecule has 0 bridgehead atoms. The van der Waals surface area contributed by atoms with Gasteiger partial charge in [-0.2, -0.15) is 32.5 Å². The average molecular weight is 456 g/mol. The molecule has 0 spiro atoms. The molecule has 0 aliphatic heterocycles. The van der Waals surface area contributed by atoms with Crippen molar-refractivity contribution in [3.05, 3.63) is 47.1 Å². The Morgan fingerprint density at radius 3 is 2.35 bits per heavy atom. The first kappa shape index (κ1) is 22.6. The van der Waals surface area contributed by atoms with E-state index in [-0.39, 0.29) is 39.5 Å². The van der Waals surface area contributed by atoms with Crippen LogP contribution in [0, 0.1) is 11.4 Å². The molecule has 0 unspecified atom stereocenters. The lowest BCUT2D eigenvalue weighted by Gasteiger charge is -2.19. The van der Waals surface area contributed by atoms with Crippen molar-refractivity contribution in [2.24, 2.45) is 5.41 Å². The molecule has 31 heavy (non-hydrogen) atoms. The quantitative estimate of drug-likeness (QED) is 0.396. The summed E-state index contributed by atoms with van der Waals surface area (Å²) in [6.45, 7) is 6.45. The summed E-state index contributed by atoms with van der Waals surface area (Å²) in [4.78, 5) is 19.7. The first-order valence-corrected chi connectivity index (χ1v) is 9.41. The van der Waals surface area contributed by atoms with Crippen LogP contribution in [0.15, 0.2) is 30.5 Å². The molecule has 0 aromatic carbocycles. The molecule has 0 fully saturated rings. The normalized spacial score (nSPS) is 12.0. The number of halogens is 5. The maximum atomic E-state index is 13.3. The Hall–Kier alpha value is -3.08. The summed E-state index contributed by atoms with van der Waals surface area (Å²) in [5.41, 5.74) is -1.00. The van der Waals surface area contributed by atoms with Crippen LogP contribution in [-0.2, 0) is 6.18 Å². The van der Waals surface area contributed by atoms with Gasteiger partial charge in [0.05, 0.1) is 16.9 Å². The van der Waals surface area contributed by atoms with Gasteiger partial charge in [0.1, 0.15) is 11.4 Å². The van der Waals surface area contributed by atoms with Gasteiger partial charge in [-0.05, 0) is 23.6 Å². The first-order valence-electron chi connectivity index (χ1n) is 9.03. The Bertz CT molecular complexity index is 1080. The van der Waals surface area contributed by atoms with E-state index in [1.807, 2.05) is 20.8 Å². The van der Waals surface area contributed by atoms with E-state index in [9.17, 15) is 17.6 Å². The first-order chi connectivity index (χ1) is 14.4. The van der Waals surface area contributed by atoms with Gasteiger partial charge in [0.2, 0.25) is 17.8 Å². The third kappa shape index (κ3) is 6.20. The van der Waals surface area contributed by atoms with Gasteiger partial charge >= 0.3 is 6.18 Å². The predicted octanol–water partition coefficient (Wildman–Crippen LogP) is 5.34. The van der Waals surface area contributed by atoms with Crippen molar-refractivity contribution in [1.29, 1.82) is 0 Å². The van der Waals surface area contributed by atoms with Crippen LogP contribution in [-0.4, -0.2) is 31.5 Å². The van der Waals surface area contributed by atoms with Crippen molar-refractivity contribution < 1.29 is 17.6 Å². The fraction of sp³-hybridized carbons (Fsp3) is 0.316. The maximum absolute atomic E-state index is 13.3. The van der Waals surface area contributed by atoms with Crippen LogP contribution in [0.2, 0.25) is 5.02 Å². The second-order valence-electron chi connectivity index (χ2n) is 7.75. The second-order valence-corrected chi connectivity index (χ2v) is 8.16. The summed E-state index contributed by atoms with van der Waals surface area (Å²) in [5, 5.41) is 5.61. The van der Waals surface area contributed by atoms with Gasteiger partial charge in [0, 0.05) is 6.54 Å². The molecule has 0 aliphatic carbocycles. The van der Waals surface area contributed by atoms with Gasteiger partial charge in [-0.15, -0.1) is 0 Å². The molecule has 0 radical (unpaired) electrons. The SMILES string of the molecule is CC(C)(C)CNc1nc(Nc2cnc(F)c(Cl)c2)nc(-c2cccc(C(F)(F)F)n2)n1. The maximum Gasteiger partial charge on any atom is 0.433 e. The van der Waals surface area contributed by atoms with Gasteiger partial charge in [-0.3, -0.25) is 0 Å². The lowest BCUT2D eigenvalue weighted by molar-refractivity contribution is -0.141. The molecule has 0 atom stereocenters. The number of anilines is 3. The summed E-state index contributed by atoms with van der Waals surface area (Å²) in [6.07, 6.45) is -3.44. The van der Waals surface area contributed by atoms with E-state index in [0.29, 0.717) is 6.54 Å². The monoisotopic (exact) mass is 455 g/mol. The van der Waals surface area contributed by atoms with Crippen molar-refractivity contribution in [3.8, 4) is 11.5 Å². The van der Waals surface area contributed by atoms with Crippen LogP contribution in [0.3, 0.4) is 0 Å². The molecule has 7 nitrogen and oxygen atoms in total. The van der Waals surface area contributed by atoms with Gasteiger partial charge in [0.25, 0.3) is 0 Å². The van der Waals surface area contributed by atoms with E-state index in [2.05, 4.69) is 35.6 Å². The van der Waals surface area contributed by atoms with Crippen molar-refractivity contribution in [2.75, 3.05) is 17.2 Å². The minimum Gasteiger partial charge on any atom is -0.354 e. The van der Waals surface area contributed by atoms with E-state index >= 15 is 0 Å². The van der Waals surface area contributed by atoms with E-state index in [4.69, 9.17) is 11.6 Å². The van der Waals surface area contributed by atoms with E-state index in [1.165, 1.54) is 24.4 Å². The molecule has 3 heterocycles. The third-order valence-electron chi connectivity index (χ3n) is 3.73. The molecule has 0 aliphatic rings. The number of nitrogens with zero attached hydrogens (tertiary/aromatic N) is 5. The van der Waals surface area contributed by atoms with Crippen LogP contribution >= 0.6 is 11.6 Å². The largest absolute Gasteiger partial charge is 0.433 e. The van der Waals surface area contributed by atoms with Gasteiger partial charge < -0.3 is 10.6 Å². The Balaban J connectivity index is 2.01. The van der Waals surface area contributed by atoms with Crippen molar-refractivity contribution in [2.45, 2.75) is 26.9 Å². The lowest BCUT2D eigenvalue weighted by atomic mass is 9.97. The standard InChI is InChI=1S/C19H18ClF4N7/c1-18(2,3)9-26-16-29-15(12-5-4-6-13(28-12)19(22,23)24)30-17(31-16)27-10-7-11(20)14(21)25-8-10/h4-8H,9H2,1-3H3,(H2,26,27,29,30,31). The number of pyridine rings is 2. The number of hydrogen-bond acceptors (Lipinski definition) is 7. The molecule has 0 saturated heterocycles. The topological polar surface area (TPSA) is 88.5 Å². The van der Waals surface area contributed by atoms with Crippen molar-refractivity contribution in [3.63, 3.8) is 0 Å². The lowest BCUT2D eigenvalue weighted by Crippen LogP contribution is -2.21. The molecule has 3 aromatic rings. The molecule has 12 heteroatoms. The molecule has 164 valence electrons. The fourth-order valence-corrected chi connectivity index (χ4v) is 2.47. The minimum absolute atomic E-state index is 0.00917. The van der Waals surface area contributed by atoms with Gasteiger partial charge in [0.15, 0.2) is 5.82 Å². The zero-order valence-electron chi connectivity index (χ0n) is 16.7. The summed E-state index contributed by atoms with van der Waals surface area (Å²) in [5.74, 6) is -0.807. The molecular weight excluding hydrogens is 438 g/mol. The predicted molar refractivity (Wildman–Crippen MR) is 108 cm³/mol. The number of nitrogens with one attached hydrogen (secondary N) is 2. The molecule has 2 N–H and O–H groups in total. The highest BCUT2D eigenvalue weighted by Gasteiger charge is 2.32. The highest BCUT2D eigenvalue weighted by Crippen LogP contribution is 2.29. The van der Waals surface area contributed by atoms with E-state index in [0.717, 1.165) is 6.07 Å². The fourth-order valence-electron chi connectivity index (χ4n) is 2.31. The minimum atomic E-state index is -4.62. The smallest absolute Gasteiger partial charge is 0.354 e. The van der Waals surface area contributed by atoms with Crippen LogP contribution in [0.4, 0.5) is 35.1 Å². The molecule has 0 saturated carbocycles. The Morgan fingerprint density at radius 2 is 1.71 bits per heavy atom. The molecule has 0 amide bonds. The van der Waals surface area contributed by atoms with Gasteiger partial charge in [-0.1, -0.05) is 38.4 Å². The summed E-state index contributed by atoms with van der Waals surface area (Å²) in [7, 11) is 0. The summed E-state index contributed by atoms with van der Waals surface area (Å²) >= 11 is 5.74. The Morgan fingerprint density at radius 1 is 1.00 bits per heavy atom. The molecular formula is C19H18ClF4N7. The van der Waals surface area contributed by atoms with Crippen molar-refractivity contribution in [1.82, 2.24) is 24.9 Å². The van der Waals surface area contributed by atoms with Gasteiger partial charge in [-0.25, -0.2) is 9.97 Å². The summed E-state index contributed by atoms with van der Waals surface area (Å²) in [6, 6.07) is 4.71. The third-order valence-corrected chi connectivity index (χ3v) is 4.00. The Labute approximate surface area is 180 Å². The van der Waals surface area contributed by atoms with Crippen LogP contribution in [0.5, 0.6) is 0 Å². The zero-order valence-corrected chi connectivity index (χ0v) is 17.5. The number of hydrogen-bond donors (Lipinski definition) is 2. The summed E-state index contributed by atoms with van der Waals surface area (Å²) < 4.78 is 52.5. The number of alkyl halides is 3. The van der Waals surface area contributed by atoms with E-state index in [1.54, 1.807) is 0 Å². The van der Waals surface area contributed by atoms with Crippen LogP contribution in [0.25, 0.3) is 11.5 Å². The highest BCUT2D eigenvalue weighted by molar-refractivity contribution is 6.30. The number of aromatic nitrogens is 5. The van der Waals surface area contributed by atoms with Crippen molar-refractivity contribution >= 4 is 29.2 Å². The second kappa shape index (κ2) is 8.58. The zero-order chi connectivity index (χ0) is 22.8.